The minimum Gasteiger partial charge on any atom is -0.478 e. The smallest absolute Gasteiger partial charge is 0.415 e. The van der Waals surface area contributed by atoms with Gasteiger partial charge in [-0.2, -0.15) is 0 Å². The fourth-order valence-corrected chi connectivity index (χ4v) is 2.55. The van der Waals surface area contributed by atoms with Crippen molar-refractivity contribution in [3.63, 3.8) is 0 Å². The van der Waals surface area contributed by atoms with Gasteiger partial charge in [0.15, 0.2) is 0 Å². The van der Waals surface area contributed by atoms with Gasteiger partial charge in [0.05, 0.1) is 11.1 Å². The lowest BCUT2D eigenvalue weighted by atomic mass is 10.1. The van der Waals surface area contributed by atoms with Crippen LogP contribution in [0.3, 0.4) is 0 Å². The summed E-state index contributed by atoms with van der Waals surface area (Å²) in [5.41, 5.74) is 1.46. The number of carbonyl (C=O) groups is 2. The molecule has 0 atom stereocenters. The number of benzene rings is 2. The number of hydrogen-bond acceptors (Lipinski definition) is 5. The third-order valence-corrected chi connectivity index (χ3v) is 3.86. The summed E-state index contributed by atoms with van der Waals surface area (Å²) in [5.74, 6) is -0.658. The molecular formula is C19H17N3O4. The van der Waals surface area contributed by atoms with Crippen LogP contribution < -0.4 is 4.90 Å². The highest BCUT2D eigenvalue weighted by Crippen LogP contribution is 2.24. The summed E-state index contributed by atoms with van der Waals surface area (Å²) >= 11 is 0. The second kappa shape index (κ2) is 7.60. The zero-order chi connectivity index (χ0) is 18.5. The molecule has 0 radical (unpaired) electrons. The number of fused-ring (bicyclic) bond motifs is 1. The van der Waals surface area contributed by atoms with Crippen LogP contribution >= 0.6 is 0 Å². The van der Waals surface area contributed by atoms with E-state index < -0.39 is 12.1 Å². The second-order valence-corrected chi connectivity index (χ2v) is 5.52. The molecular weight excluding hydrogens is 334 g/mol. The van der Waals surface area contributed by atoms with Gasteiger partial charge in [0.1, 0.15) is 18.8 Å². The number of ether oxygens (including phenoxy) is 1. The van der Waals surface area contributed by atoms with Crippen LogP contribution in [-0.4, -0.2) is 33.7 Å². The number of anilines is 1. The van der Waals surface area contributed by atoms with E-state index in [1.54, 1.807) is 6.07 Å². The summed E-state index contributed by atoms with van der Waals surface area (Å²) in [4.78, 5) is 33.3. The first-order chi connectivity index (χ1) is 12.6. The molecule has 0 aliphatic heterocycles. The second-order valence-electron chi connectivity index (χ2n) is 5.52. The SMILES string of the molecule is CCN(C(=O)OCc1ccccc1)c1ncnc2cc(C(=O)O)ccc12. The van der Waals surface area contributed by atoms with Crippen molar-refractivity contribution in [2.45, 2.75) is 13.5 Å². The summed E-state index contributed by atoms with van der Waals surface area (Å²) in [6, 6.07) is 13.9. The first-order valence-electron chi connectivity index (χ1n) is 8.06. The molecule has 7 nitrogen and oxygen atoms in total. The highest BCUT2D eigenvalue weighted by molar-refractivity contribution is 6.00. The number of aromatic nitrogens is 2. The Bertz CT molecular complexity index is 944. The maximum absolute atomic E-state index is 12.5. The monoisotopic (exact) mass is 351 g/mol. The molecule has 1 amide bonds. The molecule has 0 saturated heterocycles. The van der Waals surface area contributed by atoms with Gasteiger partial charge in [0.25, 0.3) is 0 Å². The number of carboxylic acids is 1. The average Bonchev–Trinajstić information content (AvgIpc) is 2.67. The van der Waals surface area contributed by atoms with Crippen LogP contribution in [0.1, 0.15) is 22.8 Å². The molecule has 0 bridgehead atoms. The van der Waals surface area contributed by atoms with Crippen molar-refractivity contribution in [3.8, 4) is 0 Å². The molecule has 3 rings (SSSR count). The van der Waals surface area contributed by atoms with E-state index in [2.05, 4.69) is 9.97 Å². The minimum atomic E-state index is -1.04. The highest BCUT2D eigenvalue weighted by Gasteiger charge is 2.20. The molecule has 7 heteroatoms. The Labute approximate surface area is 149 Å². The van der Waals surface area contributed by atoms with E-state index in [4.69, 9.17) is 9.84 Å². The fourth-order valence-electron chi connectivity index (χ4n) is 2.55. The van der Waals surface area contributed by atoms with Crippen LogP contribution in [0.15, 0.2) is 54.9 Å². The molecule has 26 heavy (non-hydrogen) atoms. The molecule has 1 aromatic heterocycles. The Morgan fingerprint density at radius 2 is 1.88 bits per heavy atom. The number of carboxylic acid groups (broad SMARTS) is 1. The van der Waals surface area contributed by atoms with E-state index in [1.807, 2.05) is 37.3 Å². The predicted molar refractivity (Wildman–Crippen MR) is 96.1 cm³/mol. The number of hydrogen-bond donors (Lipinski definition) is 1. The van der Waals surface area contributed by atoms with Crippen LogP contribution in [0.5, 0.6) is 0 Å². The lowest BCUT2D eigenvalue weighted by Crippen LogP contribution is -2.32. The maximum atomic E-state index is 12.5. The first-order valence-corrected chi connectivity index (χ1v) is 8.06. The summed E-state index contributed by atoms with van der Waals surface area (Å²) in [5, 5.41) is 9.69. The fraction of sp³-hybridized carbons (Fsp3) is 0.158. The lowest BCUT2D eigenvalue weighted by molar-refractivity contribution is 0.0697. The van der Waals surface area contributed by atoms with Gasteiger partial charge >= 0.3 is 12.1 Å². The van der Waals surface area contributed by atoms with Crippen LogP contribution in [-0.2, 0) is 11.3 Å². The van der Waals surface area contributed by atoms with Crippen LogP contribution in [0.25, 0.3) is 10.9 Å². The van der Waals surface area contributed by atoms with E-state index in [-0.39, 0.29) is 12.2 Å². The summed E-state index contributed by atoms with van der Waals surface area (Å²) in [6.07, 6.45) is 0.773. The molecule has 0 fully saturated rings. The highest BCUT2D eigenvalue weighted by atomic mass is 16.6. The van der Waals surface area contributed by atoms with Gasteiger partial charge in [-0.15, -0.1) is 0 Å². The molecule has 2 aromatic carbocycles. The topological polar surface area (TPSA) is 92.6 Å². The molecule has 0 spiro atoms. The van der Waals surface area contributed by atoms with Crippen molar-refractivity contribution in [1.82, 2.24) is 9.97 Å². The van der Waals surface area contributed by atoms with Gasteiger partial charge < -0.3 is 9.84 Å². The maximum Gasteiger partial charge on any atom is 0.415 e. The Hall–Kier alpha value is -3.48. The van der Waals surface area contributed by atoms with Crippen molar-refractivity contribution in [2.24, 2.45) is 0 Å². The van der Waals surface area contributed by atoms with Crippen molar-refractivity contribution in [1.29, 1.82) is 0 Å². The Kier molecular flexibility index (Phi) is 5.07. The Morgan fingerprint density at radius 1 is 1.12 bits per heavy atom. The van der Waals surface area contributed by atoms with E-state index in [0.717, 1.165) is 5.56 Å². The number of rotatable bonds is 5. The van der Waals surface area contributed by atoms with E-state index in [0.29, 0.717) is 23.3 Å². The molecule has 1 heterocycles. The number of carbonyl (C=O) groups excluding carboxylic acids is 1. The van der Waals surface area contributed by atoms with Gasteiger partial charge in [0, 0.05) is 11.9 Å². The Morgan fingerprint density at radius 3 is 2.58 bits per heavy atom. The molecule has 0 unspecified atom stereocenters. The van der Waals surface area contributed by atoms with E-state index in [9.17, 15) is 9.59 Å². The van der Waals surface area contributed by atoms with Crippen molar-refractivity contribution in [2.75, 3.05) is 11.4 Å². The van der Waals surface area contributed by atoms with Crippen molar-refractivity contribution in [3.05, 3.63) is 66.0 Å². The summed E-state index contributed by atoms with van der Waals surface area (Å²) in [6.45, 7) is 2.31. The zero-order valence-corrected chi connectivity index (χ0v) is 14.1. The molecule has 3 aromatic rings. The number of aromatic carboxylic acids is 1. The Balaban J connectivity index is 1.87. The van der Waals surface area contributed by atoms with Crippen molar-refractivity contribution >= 4 is 28.8 Å². The number of nitrogens with zero attached hydrogens (tertiary/aromatic N) is 3. The third-order valence-electron chi connectivity index (χ3n) is 3.86. The third kappa shape index (κ3) is 3.61. The van der Waals surface area contributed by atoms with Gasteiger partial charge in [-0.3, -0.25) is 4.90 Å². The normalized spacial score (nSPS) is 10.5. The number of amides is 1. The molecule has 0 aliphatic carbocycles. The van der Waals surface area contributed by atoms with E-state index >= 15 is 0 Å². The van der Waals surface area contributed by atoms with E-state index in [1.165, 1.54) is 23.4 Å². The average molecular weight is 351 g/mol. The quantitative estimate of drug-likeness (QED) is 0.756. The first kappa shape index (κ1) is 17.3. The zero-order valence-electron chi connectivity index (χ0n) is 14.1. The summed E-state index contributed by atoms with van der Waals surface area (Å²) in [7, 11) is 0. The van der Waals surface area contributed by atoms with Gasteiger partial charge in [-0.25, -0.2) is 19.6 Å². The summed E-state index contributed by atoms with van der Waals surface area (Å²) < 4.78 is 5.38. The standard InChI is InChI=1S/C19H17N3O4/c1-2-22(19(25)26-11-13-6-4-3-5-7-13)17-15-9-8-14(18(23)24)10-16(15)20-12-21-17/h3-10,12H,2,11H2,1H3,(H,23,24). The van der Waals surface area contributed by atoms with Gasteiger partial charge in [-0.05, 0) is 30.7 Å². The minimum absolute atomic E-state index is 0.122. The predicted octanol–water partition coefficient (Wildman–Crippen LogP) is 3.49. The van der Waals surface area contributed by atoms with Crippen molar-refractivity contribution < 1.29 is 19.4 Å². The largest absolute Gasteiger partial charge is 0.478 e. The van der Waals surface area contributed by atoms with Gasteiger partial charge in [-0.1, -0.05) is 30.3 Å². The molecule has 1 N–H and O–H groups in total. The van der Waals surface area contributed by atoms with Crippen LogP contribution in [0.4, 0.5) is 10.6 Å². The lowest BCUT2D eigenvalue weighted by Gasteiger charge is -2.20. The molecule has 132 valence electrons. The van der Waals surface area contributed by atoms with Crippen LogP contribution in [0.2, 0.25) is 0 Å². The molecule has 0 saturated carbocycles. The van der Waals surface area contributed by atoms with Crippen LogP contribution in [0, 0.1) is 0 Å². The molecule has 0 aliphatic rings. The van der Waals surface area contributed by atoms with Gasteiger partial charge in [0.2, 0.25) is 0 Å².